The normalized spacial score (nSPS) is 18.4. The molecule has 0 N–H and O–H groups in total. The molecule has 1 nitrogen and oxygen atoms in total. The molecule has 0 aliphatic heterocycles. The van der Waals surface area contributed by atoms with E-state index in [0.29, 0.717) is 0 Å². The summed E-state index contributed by atoms with van der Waals surface area (Å²) in [5, 5.41) is 0.822. The Hall–Kier alpha value is -0.0200. The SMILES string of the molecule is Brc1cnccc1SC1CCCCC1. The van der Waals surface area contributed by atoms with Crippen LogP contribution in [0, 0.1) is 0 Å². The van der Waals surface area contributed by atoms with Crippen molar-refractivity contribution in [1.29, 1.82) is 0 Å². The molecule has 76 valence electrons. The van der Waals surface area contributed by atoms with Crippen LogP contribution in [0.4, 0.5) is 0 Å². The lowest BCUT2D eigenvalue weighted by Crippen LogP contribution is -2.07. The molecule has 3 heteroatoms. The van der Waals surface area contributed by atoms with Crippen molar-refractivity contribution in [3.05, 3.63) is 22.9 Å². The average Bonchev–Trinajstić information content (AvgIpc) is 2.23. The van der Waals surface area contributed by atoms with Crippen molar-refractivity contribution in [1.82, 2.24) is 4.98 Å². The monoisotopic (exact) mass is 271 g/mol. The highest BCUT2D eigenvalue weighted by molar-refractivity contribution is 9.10. The third-order valence-corrected chi connectivity index (χ3v) is 4.89. The summed E-state index contributed by atoms with van der Waals surface area (Å²) in [4.78, 5) is 5.42. The first-order valence-electron chi connectivity index (χ1n) is 5.12. The summed E-state index contributed by atoms with van der Waals surface area (Å²) in [6.07, 6.45) is 10.7. The smallest absolute Gasteiger partial charge is 0.0494 e. The Morgan fingerprint density at radius 2 is 2.07 bits per heavy atom. The zero-order valence-corrected chi connectivity index (χ0v) is 10.5. The van der Waals surface area contributed by atoms with Crippen molar-refractivity contribution in [2.75, 3.05) is 0 Å². The van der Waals surface area contributed by atoms with Gasteiger partial charge in [0.05, 0.1) is 0 Å². The highest BCUT2D eigenvalue weighted by Gasteiger charge is 2.15. The molecule has 1 heterocycles. The molecule has 0 aromatic carbocycles. The van der Waals surface area contributed by atoms with E-state index in [4.69, 9.17) is 0 Å². The third-order valence-electron chi connectivity index (χ3n) is 2.58. The minimum Gasteiger partial charge on any atom is -0.263 e. The molecule has 0 spiro atoms. The first-order valence-corrected chi connectivity index (χ1v) is 6.80. The average molecular weight is 272 g/mol. The van der Waals surface area contributed by atoms with E-state index in [1.54, 1.807) is 0 Å². The van der Waals surface area contributed by atoms with E-state index in [2.05, 4.69) is 27.0 Å². The Bertz CT molecular complexity index is 297. The molecule has 0 amide bonds. The molecule has 1 aliphatic rings. The van der Waals surface area contributed by atoms with E-state index in [-0.39, 0.29) is 0 Å². The number of aromatic nitrogens is 1. The number of nitrogens with zero attached hydrogens (tertiary/aromatic N) is 1. The van der Waals surface area contributed by atoms with Crippen LogP contribution < -0.4 is 0 Å². The second kappa shape index (κ2) is 5.17. The van der Waals surface area contributed by atoms with Gasteiger partial charge in [-0.15, -0.1) is 11.8 Å². The molecule has 14 heavy (non-hydrogen) atoms. The molecular formula is C11H14BrNS. The Labute approximate surface area is 97.8 Å². The van der Waals surface area contributed by atoms with Gasteiger partial charge in [0.15, 0.2) is 0 Å². The molecule has 0 bridgehead atoms. The highest BCUT2D eigenvalue weighted by Crippen LogP contribution is 2.36. The predicted octanol–water partition coefficient (Wildman–Crippen LogP) is 4.27. The van der Waals surface area contributed by atoms with E-state index in [1.807, 2.05) is 24.2 Å². The maximum atomic E-state index is 4.08. The van der Waals surface area contributed by atoms with Crippen molar-refractivity contribution in [3.63, 3.8) is 0 Å². The lowest BCUT2D eigenvalue weighted by Gasteiger charge is -2.21. The number of hydrogen-bond donors (Lipinski definition) is 0. The summed E-state index contributed by atoms with van der Waals surface area (Å²) in [5.41, 5.74) is 0. The van der Waals surface area contributed by atoms with Crippen LogP contribution >= 0.6 is 27.7 Å². The lowest BCUT2D eigenvalue weighted by molar-refractivity contribution is 0.516. The van der Waals surface area contributed by atoms with Gasteiger partial charge in [-0.25, -0.2) is 0 Å². The van der Waals surface area contributed by atoms with Gasteiger partial charge in [-0.05, 0) is 34.8 Å². The number of hydrogen-bond acceptors (Lipinski definition) is 2. The molecule has 1 saturated carbocycles. The van der Waals surface area contributed by atoms with Gasteiger partial charge >= 0.3 is 0 Å². The van der Waals surface area contributed by atoms with E-state index in [0.717, 1.165) is 9.72 Å². The quantitative estimate of drug-likeness (QED) is 0.797. The van der Waals surface area contributed by atoms with Crippen LogP contribution in [-0.4, -0.2) is 10.2 Å². The summed E-state index contributed by atoms with van der Waals surface area (Å²) in [7, 11) is 0. The van der Waals surface area contributed by atoms with Crippen LogP contribution in [-0.2, 0) is 0 Å². The molecule has 2 rings (SSSR count). The second-order valence-corrected chi connectivity index (χ2v) is 5.88. The maximum absolute atomic E-state index is 4.08. The number of rotatable bonds is 2. The fourth-order valence-electron chi connectivity index (χ4n) is 1.82. The highest BCUT2D eigenvalue weighted by atomic mass is 79.9. The molecule has 0 atom stereocenters. The molecule has 1 fully saturated rings. The minimum absolute atomic E-state index is 0.822. The van der Waals surface area contributed by atoms with Crippen LogP contribution in [0.3, 0.4) is 0 Å². The standard InChI is InChI=1S/C11H14BrNS/c12-10-8-13-7-6-11(10)14-9-4-2-1-3-5-9/h6-9H,1-5H2. The van der Waals surface area contributed by atoms with Crippen molar-refractivity contribution in [2.45, 2.75) is 42.2 Å². The van der Waals surface area contributed by atoms with Gasteiger partial charge in [-0.3, -0.25) is 4.98 Å². The third kappa shape index (κ3) is 2.74. The van der Waals surface area contributed by atoms with Gasteiger partial charge in [-0.2, -0.15) is 0 Å². The zero-order valence-electron chi connectivity index (χ0n) is 8.08. The molecule has 0 saturated heterocycles. The second-order valence-electron chi connectivity index (χ2n) is 3.68. The molecule has 1 aromatic heterocycles. The predicted molar refractivity (Wildman–Crippen MR) is 64.7 cm³/mol. The summed E-state index contributed by atoms with van der Waals surface area (Å²) in [5.74, 6) is 0. The van der Waals surface area contributed by atoms with Crippen LogP contribution in [0.15, 0.2) is 27.8 Å². The van der Waals surface area contributed by atoms with Crippen LogP contribution in [0.5, 0.6) is 0 Å². The van der Waals surface area contributed by atoms with Gasteiger partial charge in [0.25, 0.3) is 0 Å². The van der Waals surface area contributed by atoms with Gasteiger partial charge in [0.1, 0.15) is 0 Å². The Morgan fingerprint density at radius 3 is 2.79 bits per heavy atom. The Balaban J connectivity index is 1.99. The van der Waals surface area contributed by atoms with E-state index in [1.165, 1.54) is 37.0 Å². The van der Waals surface area contributed by atoms with Gasteiger partial charge in [0, 0.05) is 27.0 Å². The van der Waals surface area contributed by atoms with Crippen molar-refractivity contribution < 1.29 is 0 Å². The van der Waals surface area contributed by atoms with Gasteiger partial charge in [0.2, 0.25) is 0 Å². The van der Waals surface area contributed by atoms with E-state index >= 15 is 0 Å². The topological polar surface area (TPSA) is 12.9 Å². The number of halogens is 1. The van der Waals surface area contributed by atoms with Gasteiger partial charge < -0.3 is 0 Å². The Morgan fingerprint density at radius 1 is 1.29 bits per heavy atom. The van der Waals surface area contributed by atoms with E-state index < -0.39 is 0 Å². The fraction of sp³-hybridized carbons (Fsp3) is 0.545. The summed E-state index contributed by atoms with van der Waals surface area (Å²) < 4.78 is 1.13. The van der Waals surface area contributed by atoms with E-state index in [9.17, 15) is 0 Å². The lowest BCUT2D eigenvalue weighted by atomic mass is 10.0. The maximum Gasteiger partial charge on any atom is 0.0494 e. The molecule has 0 radical (unpaired) electrons. The Kier molecular flexibility index (Phi) is 3.88. The molecule has 1 aliphatic carbocycles. The molecule has 0 unspecified atom stereocenters. The molecule has 1 aromatic rings. The van der Waals surface area contributed by atoms with Crippen molar-refractivity contribution >= 4 is 27.7 Å². The number of thioether (sulfide) groups is 1. The van der Waals surface area contributed by atoms with Gasteiger partial charge in [-0.1, -0.05) is 19.3 Å². The largest absolute Gasteiger partial charge is 0.263 e. The first kappa shape index (κ1) is 10.5. The van der Waals surface area contributed by atoms with Crippen LogP contribution in [0.2, 0.25) is 0 Å². The van der Waals surface area contributed by atoms with Crippen molar-refractivity contribution in [3.8, 4) is 0 Å². The fourth-order valence-corrected chi connectivity index (χ4v) is 3.58. The summed E-state index contributed by atoms with van der Waals surface area (Å²) >= 11 is 5.54. The molecular weight excluding hydrogens is 258 g/mol. The van der Waals surface area contributed by atoms with Crippen LogP contribution in [0.25, 0.3) is 0 Å². The zero-order chi connectivity index (χ0) is 9.80. The minimum atomic E-state index is 0.822. The number of pyridine rings is 1. The summed E-state index contributed by atoms with van der Waals surface area (Å²) in [6, 6.07) is 2.10. The summed E-state index contributed by atoms with van der Waals surface area (Å²) in [6.45, 7) is 0. The van der Waals surface area contributed by atoms with Crippen molar-refractivity contribution in [2.24, 2.45) is 0 Å². The van der Waals surface area contributed by atoms with Crippen LogP contribution in [0.1, 0.15) is 32.1 Å². The first-order chi connectivity index (χ1) is 6.86.